The Labute approximate surface area is 127 Å². The summed E-state index contributed by atoms with van der Waals surface area (Å²) in [4.78, 5) is 4.58. The zero-order valence-corrected chi connectivity index (χ0v) is 14.0. The fourth-order valence-corrected chi connectivity index (χ4v) is 3.00. The van der Waals surface area contributed by atoms with Crippen molar-refractivity contribution in [3.05, 3.63) is 11.7 Å². The van der Waals surface area contributed by atoms with Crippen LogP contribution in [0.25, 0.3) is 0 Å². The molecule has 120 valence electrons. The van der Waals surface area contributed by atoms with Crippen LogP contribution in [0.3, 0.4) is 0 Å². The second kappa shape index (κ2) is 6.05. The predicted octanol–water partition coefficient (Wildman–Crippen LogP) is 3.04. The minimum absolute atomic E-state index is 0.00502. The fourth-order valence-electron chi connectivity index (χ4n) is 3.00. The standard InChI is InChI=1S/C16H29N3O2/c1-11-7-6-8-16(10-11,20-5)14-18-13(21-19-14)9-12(17)15(2,3)4/h11-12H,6-10,17H2,1-5H3. The molecule has 5 heteroatoms. The van der Waals surface area contributed by atoms with Gasteiger partial charge in [-0.15, -0.1) is 0 Å². The molecule has 0 amide bonds. The van der Waals surface area contributed by atoms with Gasteiger partial charge >= 0.3 is 0 Å². The van der Waals surface area contributed by atoms with Gasteiger partial charge in [-0.3, -0.25) is 0 Å². The maximum Gasteiger partial charge on any atom is 0.228 e. The molecular formula is C16H29N3O2. The van der Waals surface area contributed by atoms with E-state index in [1.165, 1.54) is 6.42 Å². The summed E-state index contributed by atoms with van der Waals surface area (Å²) in [5, 5.41) is 4.19. The van der Waals surface area contributed by atoms with Gasteiger partial charge in [0.25, 0.3) is 0 Å². The Kier molecular flexibility index (Phi) is 4.73. The van der Waals surface area contributed by atoms with Gasteiger partial charge in [0.2, 0.25) is 11.7 Å². The maximum atomic E-state index is 6.20. The highest BCUT2D eigenvalue weighted by atomic mass is 16.5. The number of aromatic nitrogens is 2. The highest BCUT2D eigenvalue weighted by Crippen LogP contribution is 2.41. The van der Waals surface area contributed by atoms with Gasteiger partial charge in [-0.25, -0.2) is 0 Å². The van der Waals surface area contributed by atoms with Crippen molar-refractivity contribution < 1.29 is 9.26 Å². The summed E-state index contributed by atoms with van der Waals surface area (Å²) in [6.07, 6.45) is 4.89. The molecule has 2 N–H and O–H groups in total. The summed E-state index contributed by atoms with van der Waals surface area (Å²) in [6, 6.07) is -0.00502. The monoisotopic (exact) mass is 295 g/mol. The molecule has 3 atom stereocenters. The van der Waals surface area contributed by atoms with E-state index in [2.05, 4.69) is 37.8 Å². The first-order valence-corrected chi connectivity index (χ1v) is 7.90. The average molecular weight is 295 g/mol. The molecule has 1 aliphatic rings. The molecule has 0 aliphatic heterocycles. The van der Waals surface area contributed by atoms with Gasteiger partial charge in [-0.05, 0) is 30.6 Å². The number of methoxy groups -OCH3 is 1. The summed E-state index contributed by atoms with van der Waals surface area (Å²) in [7, 11) is 1.75. The average Bonchev–Trinajstić information content (AvgIpc) is 2.86. The van der Waals surface area contributed by atoms with Gasteiger partial charge in [-0.2, -0.15) is 4.98 Å². The van der Waals surface area contributed by atoms with Crippen LogP contribution in [-0.4, -0.2) is 23.3 Å². The Hall–Kier alpha value is -0.940. The van der Waals surface area contributed by atoms with E-state index in [-0.39, 0.29) is 17.1 Å². The third kappa shape index (κ3) is 3.64. The molecule has 0 aromatic carbocycles. The molecule has 1 aliphatic carbocycles. The second-order valence-corrected chi connectivity index (χ2v) is 7.59. The summed E-state index contributed by atoms with van der Waals surface area (Å²) in [5.41, 5.74) is 5.84. The Morgan fingerprint density at radius 2 is 2.19 bits per heavy atom. The topological polar surface area (TPSA) is 74.2 Å². The van der Waals surface area contributed by atoms with E-state index in [9.17, 15) is 0 Å². The fraction of sp³-hybridized carbons (Fsp3) is 0.875. The Morgan fingerprint density at radius 1 is 1.48 bits per heavy atom. The van der Waals surface area contributed by atoms with Crippen molar-refractivity contribution in [2.75, 3.05) is 7.11 Å². The number of nitrogens with two attached hydrogens (primary N) is 1. The van der Waals surface area contributed by atoms with Crippen molar-refractivity contribution in [3.63, 3.8) is 0 Å². The molecule has 1 heterocycles. The molecular weight excluding hydrogens is 266 g/mol. The third-order valence-electron chi connectivity index (χ3n) is 4.73. The quantitative estimate of drug-likeness (QED) is 0.924. The largest absolute Gasteiger partial charge is 0.370 e. The molecule has 0 radical (unpaired) electrons. The number of hydrogen-bond donors (Lipinski definition) is 1. The van der Waals surface area contributed by atoms with E-state index in [1.54, 1.807) is 7.11 Å². The first-order chi connectivity index (χ1) is 9.77. The molecule has 1 fully saturated rings. The smallest absolute Gasteiger partial charge is 0.228 e. The lowest BCUT2D eigenvalue weighted by atomic mass is 9.78. The first-order valence-electron chi connectivity index (χ1n) is 7.90. The second-order valence-electron chi connectivity index (χ2n) is 7.59. The lowest BCUT2D eigenvalue weighted by Gasteiger charge is -2.36. The van der Waals surface area contributed by atoms with Gasteiger partial charge < -0.3 is 15.0 Å². The lowest BCUT2D eigenvalue weighted by molar-refractivity contribution is -0.0658. The Morgan fingerprint density at radius 3 is 2.76 bits per heavy atom. The Balaban J connectivity index is 2.14. The van der Waals surface area contributed by atoms with Crippen molar-refractivity contribution in [3.8, 4) is 0 Å². The number of hydrogen-bond acceptors (Lipinski definition) is 5. The zero-order valence-electron chi connectivity index (χ0n) is 14.0. The van der Waals surface area contributed by atoms with Crippen LogP contribution in [0.15, 0.2) is 4.52 Å². The van der Waals surface area contributed by atoms with Crippen molar-refractivity contribution in [1.29, 1.82) is 0 Å². The molecule has 0 spiro atoms. The van der Waals surface area contributed by atoms with Gasteiger partial charge in [0, 0.05) is 19.6 Å². The third-order valence-corrected chi connectivity index (χ3v) is 4.73. The summed E-state index contributed by atoms with van der Waals surface area (Å²) >= 11 is 0. The van der Waals surface area contributed by atoms with E-state index in [0.717, 1.165) is 19.3 Å². The molecule has 1 aromatic rings. The predicted molar refractivity (Wildman–Crippen MR) is 81.8 cm³/mol. The van der Waals surface area contributed by atoms with Crippen molar-refractivity contribution >= 4 is 0 Å². The number of ether oxygens (including phenoxy) is 1. The minimum atomic E-state index is -0.384. The van der Waals surface area contributed by atoms with E-state index < -0.39 is 0 Å². The van der Waals surface area contributed by atoms with Gasteiger partial charge in [0.15, 0.2) is 0 Å². The molecule has 0 saturated heterocycles. The van der Waals surface area contributed by atoms with Crippen LogP contribution in [0.5, 0.6) is 0 Å². The van der Waals surface area contributed by atoms with Crippen LogP contribution in [0, 0.1) is 11.3 Å². The summed E-state index contributed by atoms with van der Waals surface area (Å²) in [5.74, 6) is 1.92. The van der Waals surface area contributed by atoms with E-state index >= 15 is 0 Å². The van der Waals surface area contributed by atoms with Crippen molar-refractivity contribution in [2.45, 2.75) is 71.4 Å². The molecule has 21 heavy (non-hydrogen) atoms. The van der Waals surface area contributed by atoms with Crippen LogP contribution in [0.2, 0.25) is 0 Å². The summed E-state index contributed by atoms with van der Waals surface area (Å²) in [6.45, 7) is 8.61. The molecule has 2 rings (SSSR count). The normalized spacial score (nSPS) is 28.6. The minimum Gasteiger partial charge on any atom is -0.370 e. The molecule has 1 saturated carbocycles. The zero-order chi connectivity index (χ0) is 15.7. The molecule has 0 bridgehead atoms. The molecule has 5 nitrogen and oxygen atoms in total. The van der Waals surface area contributed by atoms with E-state index in [0.29, 0.717) is 24.1 Å². The van der Waals surface area contributed by atoms with Crippen molar-refractivity contribution in [1.82, 2.24) is 10.1 Å². The first kappa shape index (κ1) is 16.4. The maximum absolute atomic E-state index is 6.20. The van der Waals surface area contributed by atoms with Crippen LogP contribution in [0.4, 0.5) is 0 Å². The van der Waals surface area contributed by atoms with E-state index in [4.69, 9.17) is 15.0 Å². The van der Waals surface area contributed by atoms with Crippen LogP contribution < -0.4 is 5.73 Å². The summed E-state index contributed by atoms with van der Waals surface area (Å²) < 4.78 is 11.2. The van der Waals surface area contributed by atoms with Gasteiger partial charge in [0.05, 0.1) is 0 Å². The van der Waals surface area contributed by atoms with Gasteiger partial charge in [-0.1, -0.05) is 39.3 Å². The lowest BCUT2D eigenvalue weighted by Crippen LogP contribution is -2.37. The van der Waals surface area contributed by atoms with Crippen LogP contribution in [-0.2, 0) is 16.8 Å². The van der Waals surface area contributed by atoms with Gasteiger partial charge in [0.1, 0.15) is 5.60 Å². The molecule has 1 aromatic heterocycles. The van der Waals surface area contributed by atoms with E-state index in [1.807, 2.05) is 0 Å². The highest BCUT2D eigenvalue weighted by molar-refractivity contribution is 5.05. The van der Waals surface area contributed by atoms with Crippen LogP contribution >= 0.6 is 0 Å². The Bertz CT molecular complexity index is 466. The van der Waals surface area contributed by atoms with Crippen molar-refractivity contribution in [2.24, 2.45) is 17.1 Å². The SMILES string of the molecule is COC1(c2noc(CC(N)C(C)(C)C)n2)CCCC(C)C1. The van der Waals surface area contributed by atoms with Crippen LogP contribution in [0.1, 0.15) is 65.1 Å². The molecule has 3 unspecified atom stereocenters. The highest BCUT2D eigenvalue weighted by Gasteiger charge is 2.41. The number of rotatable bonds is 4. The number of nitrogens with zero attached hydrogens (tertiary/aromatic N) is 2.